The minimum atomic E-state index is -3.58. The zero-order valence-corrected chi connectivity index (χ0v) is 30.8. The summed E-state index contributed by atoms with van der Waals surface area (Å²) in [5.74, 6) is -1.37. The van der Waals surface area contributed by atoms with Gasteiger partial charge >= 0.3 is 11.9 Å². The number of hydrogen-bond donors (Lipinski definition) is 3. The van der Waals surface area contributed by atoms with Crippen LogP contribution >= 0.6 is 0 Å². The highest BCUT2D eigenvalue weighted by molar-refractivity contribution is 7.89. The molecule has 6 rings (SSSR count). The third-order valence-electron chi connectivity index (χ3n) is 8.86. The Kier molecular flexibility index (Phi) is 12.3. The van der Waals surface area contributed by atoms with Crippen molar-refractivity contribution in [3.63, 3.8) is 0 Å². The first-order valence-corrected chi connectivity index (χ1v) is 19.9. The van der Waals surface area contributed by atoms with E-state index in [2.05, 4.69) is 9.44 Å². The lowest BCUT2D eigenvalue weighted by atomic mass is 10.0. The quantitative estimate of drug-likeness (QED) is 0.115. The average molecular weight is 743 g/mol. The second kappa shape index (κ2) is 16.6. The van der Waals surface area contributed by atoms with Crippen LogP contribution in [0, 0.1) is 13.8 Å². The number of aliphatic carboxylic acids is 1. The van der Waals surface area contributed by atoms with Crippen molar-refractivity contribution in [2.24, 2.45) is 0 Å². The van der Waals surface area contributed by atoms with Crippen LogP contribution in [0.2, 0.25) is 0 Å². The van der Waals surface area contributed by atoms with Crippen LogP contribution < -0.4 is 9.44 Å². The lowest BCUT2D eigenvalue weighted by molar-refractivity contribution is -0.137. The molecule has 0 heterocycles. The lowest BCUT2D eigenvalue weighted by Crippen LogP contribution is -2.27. The number of sulfonamides is 2. The fraction of sp³-hybridized carbons (Fsp3) is 0.250. The number of hydrogen-bond acceptors (Lipinski definition) is 7. The third kappa shape index (κ3) is 9.91. The van der Waals surface area contributed by atoms with Crippen LogP contribution in [0.25, 0.3) is 12.2 Å². The molecule has 10 nitrogen and oxygen atoms in total. The summed E-state index contributed by atoms with van der Waals surface area (Å²) in [6.45, 7) is 5.94. The molecule has 0 aromatic heterocycles. The van der Waals surface area contributed by atoms with E-state index in [9.17, 15) is 26.4 Å². The van der Waals surface area contributed by atoms with Gasteiger partial charge in [0.25, 0.3) is 0 Å². The number of carbonyl (C=O) groups is 2. The van der Waals surface area contributed by atoms with E-state index in [1.807, 2.05) is 44.2 Å². The molecular formula is C40H42N2O8S2. The predicted molar refractivity (Wildman–Crippen MR) is 200 cm³/mol. The molecule has 0 saturated carbocycles. The van der Waals surface area contributed by atoms with Gasteiger partial charge in [-0.15, -0.1) is 0 Å². The van der Waals surface area contributed by atoms with E-state index in [0.29, 0.717) is 19.4 Å². The summed E-state index contributed by atoms with van der Waals surface area (Å²) in [6, 6.07) is 24.5. The summed E-state index contributed by atoms with van der Waals surface area (Å²) in [7, 11) is -7.14. The number of benzene rings is 4. The maximum absolute atomic E-state index is 12.6. The van der Waals surface area contributed by atoms with Gasteiger partial charge in [0.15, 0.2) is 0 Å². The molecule has 0 amide bonds. The van der Waals surface area contributed by atoms with Crippen LogP contribution in [0.4, 0.5) is 0 Å². The van der Waals surface area contributed by atoms with Crippen molar-refractivity contribution >= 4 is 44.1 Å². The number of esters is 1. The zero-order chi connectivity index (χ0) is 37.5. The molecular weight excluding hydrogens is 701 g/mol. The molecule has 2 aliphatic rings. The van der Waals surface area contributed by atoms with Gasteiger partial charge in [-0.25, -0.2) is 35.9 Å². The number of carboxylic acids is 1. The zero-order valence-electron chi connectivity index (χ0n) is 29.2. The van der Waals surface area contributed by atoms with Crippen LogP contribution in [0.3, 0.4) is 0 Å². The summed E-state index contributed by atoms with van der Waals surface area (Å²) in [5.41, 5.74) is 7.78. The Labute approximate surface area is 305 Å². The number of rotatable bonds is 11. The van der Waals surface area contributed by atoms with Gasteiger partial charge in [-0.3, -0.25) is 0 Å². The summed E-state index contributed by atoms with van der Waals surface area (Å²) in [6.07, 6.45) is 8.68. The number of ether oxygens (including phenoxy) is 1. The van der Waals surface area contributed by atoms with Gasteiger partial charge in [0, 0.05) is 24.2 Å². The SMILES string of the molecule is CCOC(=O)/C=C/c1ccc2c(c1)CCC2NS(=O)(=O)c1ccc(C)cc1.Cc1ccc(S(=O)(=O)NC2CCc3cc(/C=C/C(=O)O)ccc32)cc1. The molecule has 272 valence electrons. The molecule has 2 unspecified atom stereocenters. The fourth-order valence-corrected chi connectivity index (χ4v) is 8.69. The van der Waals surface area contributed by atoms with Crippen molar-refractivity contribution in [1.29, 1.82) is 0 Å². The van der Waals surface area contributed by atoms with E-state index < -0.39 is 26.0 Å². The highest BCUT2D eigenvalue weighted by Crippen LogP contribution is 2.34. The monoisotopic (exact) mass is 742 g/mol. The van der Waals surface area contributed by atoms with E-state index in [-0.39, 0.29) is 27.8 Å². The second-order valence-corrected chi connectivity index (χ2v) is 16.2. The molecule has 12 heteroatoms. The van der Waals surface area contributed by atoms with Crippen molar-refractivity contribution in [2.45, 2.75) is 68.3 Å². The van der Waals surface area contributed by atoms with Crippen LogP contribution in [0.1, 0.15) is 76.4 Å². The molecule has 0 fully saturated rings. The molecule has 52 heavy (non-hydrogen) atoms. The van der Waals surface area contributed by atoms with Gasteiger partial charge in [0.05, 0.1) is 16.4 Å². The number of carboxylic acid groups (broad SMARTS) is 1. The highest BCUT2D eigenvalue weighted by Gasteiger charge is 2.29. The van der Waals surface area contributed by atoms with Gasteiger partial charge in [0.1, 0.15) is 0 Å². The maximum Gasteiger partial charge on any atom is 0.330 e. The standard InChI is InChI=1S/C21H23NO4S.C19H19NO4S/c1-3-26-21(23)13-7-16-6-11-19-17(14-16)8-12-20(19)22-27(24,25)18-9-4-15(2)5-10-18;1-13-2-7-16(8-3-13)25(23,24)20-18-10-6-15-12-14(4-9-17(15)18)5-11-19(21)22/h4-7,9-11,13-14,20,22H,3,8,12H2,1-2H3;2-5,7-9,11-12,18,20H,6,10H2,1H3,(H,21,22)/b13-7+;11-5+. The van der Waals surface area contributed by atoms with Crippen molar-refractivity contribution in [1.82, 2.24) is 9.44 Å². The van der Waals surface area contributed by atoms with E-state index in [1.165, 1.54) is 12.2 Å². The van der Waals surface area contributed by atoms with E-state index in [0.717, 1.165) is 63.4 Å². The minimum absolute atomic E-state index is 0.241. The van der Waals surface area contributed by atoms with Crippen LogP contribution in [-0.2, 0) is 47.2 Å². The first kappa shape index (κ1) is 38.4. The Morgan fingerprint density at radius 3 is 1.52 bits per heavy atom. The second-order valence-electron chi connectivity index (χ2n) is 12.7. The van der Waals surface area contributed by atoms with Crippen LogP contribution in [-0.4, -0.2) is 40.5 Å². The molecule has 0 radical (unpaired) electrons. The summed E-state index contributed by atoms with van der Waals surface area (Å²) < 4.78 is 60.9. The van der Waals surface area contributed by atoms with Gasteiger partial charge < -0.3 is 9.84 Å². The molecule has 2 atom stereocenters. The van der Waals surface area contributed by atoms with E-state index in [1.54, 1.807) is 67.6 Å². The largest absolute Gasteiger partial charge is 0.478 e. The Bertz CT molecular complexity index is 2210. The molecule has 2 aliphatic carbocycles. The maximum atomic E-state index is 12.6. The first-order chi connectivity index (χ1) is 24.7. The third-order valence-corrected chi connectivity index (χ3v) is 11.8. The Morgan fingerprint density at radius 2 is 1.12 bits per heavy atom. The molecule has 0 bridgehead atoms. The molecule has 0 spiro atoms. The van der Waals surface area contributed by atoms with Gasteiger partial charge in [-0.05, 0) is 116 Å². The lowest BCUT2D eigenvalue weighted by Gasteiger charge is -2.15. The Morgan fingerprint density at radius 1 is 0.692 bits per heavy atom. The predicted octanol–water partition coefficient (Wildman–Crippen LogP) is 6.60. The summed E-state index contributed by atoms with van der Waals surface area (Å²) in [4.78, 5) is 22.6. The van der Waals surface area contributed by atoms with Crippen molar-refractivity contribution in [2.75, 3.05) is 6.61 Å². The number of carbonyl (C=O) groups excluding carboxylic acids is 1. The number of fused-ring (bicyclic) bond motifs is 2. The molecule has 0 saturated heterocycles. The van der Waals surface area contributed by atoms with Crippen LogP contribution in [0.5, 0.6) is 0 Å². The fourth-order valence-electron chi connectivity index (χ4n) is 6.19. The van der Waals surface area contributed by atoms with Crippen molar-refractivity contribution in [3.8, 4) is 0 Å². The van der Waals surface area contributed by atoms with Crippen LogP contribution in [0.15, 0.2) is 107 Å². The molecule has 4 aromatic carbocycles. The first-order valence-electron chi connectivity index (χ1n) is 16.9. The average Bonchev–Trinajstić information content (AvgIpc) is 3.69. The number of nitrogens with one attached hydrogen (secondary N) is 2. The van der Waals surface area contributed by atoms with Gasteiger partial charge in [0.2, 0.25) is 20.0 Å². The number of aryl methyl sites for hydroxylation is 4. The Balaban J connectivity index is 0.000000202. The normalized spacial score (nSPS) is 16.7. The Hall–Kier alpha value is -4.88. The minimum Gasteiger partial charge on any atom is -0.478 e. The smallest absolute Gasteiger partial charge is 0.330 e. The topological polar surface area (TPSA) is 156 Å². The molecule has 0 aliphatic heterocycles. The van der Waals surface area contributed by atoms with E-state index >= 15 is 0 Å². The van der Waals surface area contributed by atoms with Gasteiger partial charge in [-0.2, -0.15) is 0 Å². The summed E-state index contributed by atoms with van der Waals surface area (Å²) in [5, 5.41) is 8.70. The molecule has 4 aromatic rings. The van der Waals surface area contributed by atoms with Crippen molar-refractivity contribution < 1.29 is 36.3 Å². The highest BCUT2D eigenvalue weighted by atomic mass is 32.2. The summed E-state index contributed by atoms with van der Waals surface area (Å²) >= 11 is 0. The molecule has 3 N–H and O–H groups in total. The van der Waals surface area contributed by atoms with Gasteiger partial charge in [-0.1, -0.05) is 71.8 Å². The van der Waals surface area contributed by atoms with E-state index in [4.69, 9.17) is 9.84 Å². The van der Waals surface area contributed by atoms with Crippen molar-refractivity contribution in [3.05, 3.63) is 142 Å².